The van der Waals surface area contributed by atoms with Crippen LogP contribution in [-0.2, 0) is 9.53 Å². The highest BCUT2D eigenvalue weighted by molar-refractivity contribution is 5.94. The Labute approximate surface area is 149 Å². The molecular formula is C19H27N3O3. The van der Waals surface area contributed by atoms with Crippen molar-refractivity contribution in [3.8, 4) is 0 Å². The third-order valence-corrected chi connectivity index (χ3v) is 5.06. The molecule has 136 valence electrons. The first-order chi connectivity index (χ1) is 12.2. The summed E-state index contributed by atoms with van der Waals surface area (Å²) in [6.07, 6.45) is 10.1. The highest BCUT2D eigenvalue weighted by Gasteiger charge is 2.23. The second-order valence-corrected chi connectivity index (χ2v) is 6.83. The van der Waals surface area contributed by atoms with Crippen LogP contribution in [0, 0.1) is 0 Å². The van der Waals surface area contributed by atoms with E-state index in [1.807, 2.05) is 9.80 Å². The van der Waals surface area contributed by atoms with Crippen molar-refractivity contribution in [2.45, 2.75) is 44.6 Å². The lowest BCUT2D eigenvalue weighted by molar-refractivity contribution is -0.138. The topological polar surface area (TPSA) is 62.7 Å². The smallest absolute Gasteiger partial charge is 0.254 e. The van der Waals surface area contributed by atoms with Gasteiger partial charge in [0, 0.05) is 44.1 Å². The van der Waals surface area contributed by atoms with Gasteiger partial charge in [-0.05, 0) is 31.4 Å². The van der Waals surface area contributed by atoms with Crippen molar-refractivity contribution in [3.63, 3.8) is 0 Å². The normalized spacial score (nSPS) is 19.5. The van der Waals surface area contributed by atoms with Crippen molar-refractivity contribution in [1.82, 2.24) is 14.8 Å². The lowest BCUT2D eigenvalue weighted by atomic mass is 9.98. The molecule has 0 unspecified atom stereocenters. The van der Waals surface area contributed by atoms with Gasteiger partial charge in [0.25, 0.3) is 5.91 Å². The first kappa shape index (κ1) is 17.9. The van der Waals surface area contributed by atoms with E-state index in [1.54, 1.807) is 24.5 Å². The minimum absolute atomic E-state index is 0.00940. The fourth-order valence-corrected chi connectivity index (χ4v) is 3.56. The predicted molar refractivity (Wildman–Crippen MR) is 94.2 cm³/mol. The quantitative estimate of drug-likeness (QED) is 0.838. The predicted octanol–water partition coefficient (Wildman–Crippen LogP) is 2.11. The Morgan fingerprint density at radius 1 is 0.960 bits per heavy atom. The summed E-state index contributed by atoms with van der Waals surface area (Å²) in [4.78, 5) is 32.6. The van der Waals surface area contributed by atoms with Gasteiger partial charge in [-0.15, -0.1) is 0 Å². The molecule has 6 nitrogen and oxygen atoms in total. The highest BCUT2D eigenvalue weighted by atomic mass is 16.5. The number of amides is 2. The van der Waals surface area contributed by atoms with Gasteiger partial charge < -0.3 is 14.5 Å². The molecule has 1 aromatic rings. The molecule has 2 heterocycles. The highest BCUT2D eigenvalue weighted by Crippen LogP contribution is 2.20. The molecule has 1 saturated heterocycles. The van der Waals surface area contributed by atoms with Crippen molar-refractivity contribution >= 4 is 11.8 Å². The second-order valence-electron chi connectivity index (χ2n) is 6.83. The van der Waals surface area contributed by atoms with Crippen molar-refractivity contribution in [3.05, 3.63) is 30.1 Å². The van der Waals surface area contributed by atoms with Crippen molar-refractivity contribution in [2.75, 3.05) is 32.8 Å². The first-order valence-electron chi connectivity index (χ1n) is 9.33. The van der Waals surface area contributed by atoms with Crippen LogP contribution >= 0.6 is 0 Å². The van der Waals surface area contributed by atoms with E-state index in [2.05, 4.69) is 4.98 Å². The van der Waals surface area contributed by atoms with Crippen LogP contribution in [0.1, 0.15) is 48.9 Å². The Bertz CT molecular complexity index is 573. The molecule has 2 amide bonds. The number of hydrogen-bond donors (Lipinski definition) is 0. The van der Waals surface area contributed by atoms with E-state index < -0.39 is 0 Å². The Kier molecular flexibility index (Phi) is 6.39. The average molecular weight is 345 g/mol. The molecular weight excluding hydrogens is 318 g/mol. The molecule has 0 atom stereocenters. The van der Waals surface area contributed by atoms with E-state index in [0.717, 1.165) is 19.3 Å². The maximum absolute atomic E-state index is 12.5. The lowest BCUT2D eigenvalue weighted by Crippen LogP contribution is -2.39. The molecule has 0 bridgehead atoms. The molecule has 0 radical (unpaired) electrons. The van der Waals surface area contributed by atoms with Crippen molar-refractivity contribution in [2.24, 2.45) is 0 Å². The molecule has 0 spiro atoms. The zero-order chi connectivity index (χ0) is 17.5. The third kappa shape index (κ3) is 5.01. The number of rotatable bonds is 4. The molecule has 1 aliphatic carbocycles. The van der Waals surface area contributed by atoms with E-state index in [9.17, 15) is 9.59 Å². The summed E-state index contributed by atoms with van der Waals surface area (Å²) in [5, 5.41) is 0. The van der Waals surface area contributed by atoms with Crippen molar-refractivity contribution < 1.29 is 14.3 Å². The summed E-state index contributed by atoms with van der Waals surface area (Å²) in [5.41, 5.74) is 0.649. The van der Waals surface area contributed by atoms with Crippen LogP contribution < -0.4 is 0 Å². The molecule has 1 aromatic heterocycles. The van der Waals surface area contributed by atoms with Crippen LogP contribution in [0.3, 0.4) is 0 Å². The third-order valence-electron chi connectivity index (χ3n) is 5.06. The zero-order valence-corrected chi connectivity index (χ0v) is 14.7. The average Bonchev–Trinajstić information content (AvgIpc) is 2.93. The van der Waals surface area contributed by atoms with Gasteiger partial charge in [0.1, 0.15) is 6.61 Å². The van der Waals surface area contributed by atoms with E-state index in [-0.39, 0.29) is 24.5 Å². The van der Waals surface area contributed by atoms with Crippen LogP contribution in [0.25, 0.3) is 0 Å². The monoisotopic (exact) mass is 345 g/mol. The number of carbonyl (C=O) groups is 2. The van der Waals surface area contributed by atoms with Crippen LogP contribution in [-0.4, -0.2) is 65.5 Å². The molecule has 1 saturated carbocycles. The maximum atomic E-state index is 12.5. The van der Waals surface area contributed by atoms with E-state index in [1.165, 1.54) is 19.3 Å². The Balaban J connectivity index is 1.47. The lowest BCUT2D eigenvalue weighted by Gasteiger charge is -2.25. The van der Waals surface area contributed by atoms with E-state index in [0.29, 0.717) is 31.7 Å². The minimum atomic E-state index is 0.00940. The van der Waals surface area contributed by atoms with Gasteiger partial charge in [0.15, 0.2) is 0 Å². The summed E-state index contributed by atoms with van der Waals surface area (Å²) in [6, 6.07) is 3.46. The molecule has 2 aliphatic rings. The number of nitrogens with zero attached hydrogens (tertiary/aromatic N) is 3. The Morgan fingerprint density at radius 2 is 1.64 bits per heavy atom. The number of hydrogen-bond acceptors (Lipinski definition) is 4. The maximum Gasteiger partial charge on any atom is 0.254 e. The minimum Gasteiger partial charge on any atom is -0.368 e. The number of ether oxygens (including phenoxy) is 1. The van der Waals surface area contributed by atoms with Crippen molar-refractivity contribution in [1.29, 1.82) is 0 Å². The van der Waals surface area contributed by atoms with Gasteiger partial charge >= 0.3 is 0 Å². The van der Waals surface area contributed by atoms with Gasteiger partial charge in [-0.2, -0.15) is 0 Å². The van der Waals surface area contributed by atoms with Gasteiger partial charge in [-0.25, -0.2) is 0 Å². The molecule has 3 rings (SSSR count). The fourth-order valence-electron chi connectivity index (χ4n) is 3.56. The summed E-state index contributed by atoms with van der Waals surface area (Å²) in [7, 11) is 0. The Morgan fingerprint density at radius 3 is 2.40 bits per heavy atom. The van der Waals surface area contributed by atoms with Crippen LogP contribution in [0.2, 0.25) is 0 Å². The zero-order valence-electron chi connectivity index (χ0n) is 14.7. The van der Waals surface area contributed by atoms with Crippen LogP contribution in [0.4, 0.5) is 0 Å². The molecule has 1 aliphatic heterocycles. The van der Waals surface area contributed by atoms with Gasteiger partial charge in [-0.3, -0.25) is 14.6 Å². The van der Waals surface area contributed by atoms with Gasteiger partial charge in [0.2, 0.25) is 5.91 Å². The molecule has 6 heteroatoms. The second kappa shape index (κ2) is 8.94. The standard InChI is InChI=1S/C19H27N3O3/c23-18(15-25-17-5-2-1-3-6-17)21-11-4-12-22(14-13-21)19(24)16-7-9-20-10-8-16/h7-10,17H,1-6,11-15H2. The number of aromatic nitrogens is 1. The van der Waals surface area contributed by atoms with E-state index in [4.69, 9.17) is 4.74 Å². The molecule has 2 fully saturated rings. The number of pyridine rings is 1. The summed E-state index contributed by atoms with van der Waals surface area (Å²) in [6.45, 7) is 2.67. The number of carbonyl (C=O) groups excluding carboxylic acids is 2. The van der Waals surface area contributed by atoms with E-state index >= 15 is 0 Å². The largest absolute Gasteiger partial charge is 0.368 e. The summed E-state index contributed by atoms with van der Waals surface area (Å²) in [5.74, 6) is 0.0546. The summed E-state index contributed by atoms with van der Waals surface area (Å²) >= 11 is 0. The molecule has 0 aromatic carbocycles. The fraction of sp³-hybridized carbons (Fsp3) is 0.632. The summed E-state index contributed by atoms with van der Waals surface area (Å²) < 4.78 is 5.80. The SMILES string of the molecule is O=C(COC1CCCCC1)N1CCCN(C(=O)c2ccncc2)CC1. The first-order valence-corrected chi connectivity index (χ1v) is 9.33. The van der Waals surface area contributed by atoms with Crippen LogP contribution in [0.5, 0.6) is 0 Å². The van der Waals surface area contributed by atoms with Gasteiger partial charge in [-0.1, -0.05) is 19.3 Å². The molecule has 25 heavy (non-hydrogen) atoms. The van der Waals surface area contributed by atoms with Crippen LogP contribution in [0.15, 0.2) is 24.5 Å². The van der Waals surface area contributed by atoms with Gasteiger partial charge in [0.05, 0.1) is 6.10 Å². The molecule has 0 N–H and O–H groups in total. The Hall–Kier alpha value is -1.95.